The van der Waals surface area contributed by atoms with Crippen LogP contribution in [0.15, 0.2) is 41.5 Å². The number of amidine groups is 1. The maximum Gasteiger partial charge on any atom is 0.307 e. The van der Waals surface area contributed by atoms with Gasteiger partial charge in [-0.2, -0.15) is 5.26 Å². The van der Waals surface area contributed by atoms with Crippen LogP contribution in [-0.4, -0.2) is 29.4 Å². The Kier molecular flexibility index (Phi) is 5.93. The third-order valence-corrected chi connectivity index (χ3v) is 5.41. The Labute approximate surface area is 179 Å². The molecule has 0 fully saturated rings. The molecule has 1 aliphatic heterocycles. The second kappa shape index (κ2) is 8.30. The van der Waals surface area contributed by atoms with Crippen LogP contribution in [-0.2, 0) is 10.2 Å². The fourth-order valence-electron chi connectivity index (χ4n) is 3.27. The molecule has 3 N–H and O–H groups in total. The molecule has 1 aromatic heterocycles. The van der Waals surface area contributed by atoms with Crippen molar-refractivity contribution in [2.75, 3.05) is 11.9 Å². The van der Waals surface area contributed by atoms with Crippen molar-refractivity contribution in [3.05, 3.63) is 58.9 Å². The number of aliphatic imine (C=N–C) groups is 1. The normalized spacial score (nSPS) is 17.8. The quantitative estimate of drug-likeness (QED) is 0.751. The van der Waals surface area contributed by atoms with Crippen LogP contribution < -0.4 is 11.1 Å². The van der Waals surface area contributed by atoms with Gasteiger partial charge in [-0.05, 0) is 47.2 Å². The molecule has 2 heterocycles. The van der Waals surface area contributed by atoms with Gasteiger partial charge in [-0.1, -0.05) is 26.8 Å². The molecule has 0 saturated carbocycles. The number of anilines is 1. The van der Waals surface area contributed by atoms with Crippen LogP contribution in [0.2, 0.25) is 0 Å². The summed E-state index contributed by atoms with van der Waals surface area (Å²) in [6, 6.07) is 7.85. The van der Waals surface area contributed by atoms with Gasteiger partial charge in [0.15, 0.2) is 6.61 Å². The Hall–Kier alpha value is -3.54. The summed E-state index contributed by atoms with van der Waals surface area (Å²) in [6.07, 6.45) is 1.99. The van der Waals surface area contributed by atoms with E-state index < -0.39 is 29.9 Å². The molecule has 0 aliphatic carbocycles. The van der Waals surface area contributed by atoms with Gasteiger partial charge in [-0.15, -0.1) is 0 Å². The van der Waals surface area contributed by atoms with E-state index in [0.29, 0.717) is 23.2 Å². The van der Waals surface area contributed by atoms with Gasteiger partial charge in [0, 0.05) is 11.9 Å². The SMILES string of the molecule is CCC(C)(C)c1ccc(NC(=O)c2ccc(C#N)cn2)cc1C1N=C(N)OCC1(F)F. The van der Waals surface area contributed by atoms with Gasteiger partial charge in [0.2, 0.25) is 0 Å². The third-order valence-electron chi connectivity index (χ3n) is 5.41. The van der Waals surface area contributed by atoms with Crippen LogP contribution >= 0.6 is 0 Å². The van der Waals surface area contributed by atoms with E-state index in [1.807, 2.05) is 26.8 Å². The molecule has 3 rings (SSSR count). The summed E-state index contributed by atoms with van der Waals surface area (Å²) in [5.74, 6) is -3.79. The number of nitrogens with zero attached hydrogens (tertiary/aromatic N) is 3. The Morgan fingerprint density at radius 3 is 2.74 bits per heavy atom. The minimum Gasteiger partial charge on any atom is -0.459 e. The van der Waals surface area contributed by atoms with Crippen molar-refractivity contribution in [2.24, 2.45) is 10.7 Å². The second-order valence-electron chi connectivity index (χ2n) is 7.96. The van der Waals surface area contributed by atoms with E-state index in [9.17, 15) is 13.6 Å². The summed E-state index contributed by atoms with van der Waals surface area (Å²) >= 11 is 0. The molecule has 0 radical (unpaired) electrons. The smallest absolute Gasteiger partial charge is 0.307 e. The highest BCUT2D eigenvalue weighted by Crippen LogP contribution is 2.43. The molecule has 31 heavy (non-hydrogen) atoms. The fraction of sp³-hybridized carbons (Fsp3) is 0.364. The van der Waals surface area contributed by atoms with Crippen molar-refractivity contribution in [1.29, 1.82) is 5.26 Å². The first-order valence-corrected chi connectivity index (χ1v) is 9.73. The van der Waals surface area contributed by atoms with Crippen LogP contribution in [0.3, 0.4) is 0 Å². The summed E-state index contributed by atoms with van der Waals surface area (Å²) in [5.41, 5.74) is 6.87. The molecule has 0 bridgehead atoms. The third kappa shape index (κ3) is 4.63. The second-order valence-corrected chi connectivity index (χ2v) is 7.96. The average Bonchev–Trinajstić information content (AvgIpc) is 2.75. The number of pyridine rings is 1. The molecule has 162 valence electrons. The van der Waals surface area contributed by atoms with Crippen molar-refractivity contribution in [3.63, 3.8) is 0 Å². The zero-order chi connectivity index (χ0) is 22.8. The number of halogens is 2. The molecule has 1 amide bonds. The zero-order valence-electron chi connectivity index (χ0n) is 17.4. The monoisotopic (exact) mass is 427 g/mol. The predicted molar refractivity (Wildman–Crippen MR) is 112 cm³/mol. The summed E-state index contributed by atoms with van der Waals surface area (Å²) in [6.45, 7) is 5.01. The van der Waals surface area contributed by atoms with Crippen LogP contribution in [0.25, 0.3) is 0 Å². The molecular weight excluding hydrogens is 404 g/mol. The standard InChI is InChI=1S/C22H23F2N5O2/c1-4-21(2,3)16-7-6-14(28-19(30)17-8-5-13(10-25)11-27-17)9-15(16)18-22(23,24)12-31-20(26)29-18/h5-9,11,18H,4,12H2,1-3H3,(H2,26,29)(H,28,30). The number of nitrogens with one attached hydrogen (secondary N) is 1. The number of amides is 1. The van der Waals surface area contributed by atoms with Gasteiger partial charge in [0.1, 0.15) is 17.8 Å². The van der Waals surface area contributed by atoms with Crippen LogP contribution in [0.4, 0.5) is 14.5 Å². The molecule has 7 nitrogen and oxygen atoms in total. The first-order chi connectivity index (χ1) is 14.6. The molecule has 2 aromatic rings. The lowest BCUT2D eigenvalue weighted by Crippen LogP contribution is -2.40. The average molecular weight is 427 g/mol. The van der Waals surface area contributed by atoms with Gasteiger partial charge in [-0.3, -0.25) is 4.79 Å². The van der Waals surface area contributed by atoms with Gasteiger partial charge in [0.05, 0.1) is 5.56 Å². The molecule has 0 spiro atoms. The van der Waals surface area contributed by atoms with E-state index in [4.69, 9.17) is 15.7 Å². The van der Waals surface area contributed by atoms with Crippen molar-refractivity contribution in [1.82, 2.24) is 4.98 Å². The molecular formula is C22H23F2N5O2. The zero-order valence-corrected chi connectivity index (χ0v) is 17.4. The lowest BCUT2D eigenvalue weighted by molar-refractivity contribution is -0.0784. The van der Waals surface area contributed by atoms with Crippen molar-refractivity contribution >= 4 is 17.6 Å². The first-order valence-electron chi connectivity index (χ1n) is 9.73. The summed E-state index contributed by atoms with van der Waals surface area (Å²) < 4.78 is 34.2. The number of hydrogen-bond donors (Lipinski definition) is 2. The predicted octanol–water partition coefficient (Wildman–Crippen LogP) is 3.91. The Bertz CT molecular complexity index is 1060. The fourth-order valence-corrected chi connectivity index (χ4v) is 3.27. The first kappa shape index (κ1) is 22.2. The van der Waals surface area contributed by atoms with Crippen LogP contribution in [0.5, 0.6) is 0 Å². The molecule has 0 saturated heterocycles. The number of benzene rings is 1. The number of rotatable bonds is 5. The highest BCUT2D eigenvalue weighted by atomic mass is 19.3. The van der Waals surface area contributed by atoms with Gasteiger partial charge < -0.3 is 15.8 Å². The molecule has 1 aromatic carbocycles. The van der Waals surface area contributed by atoms with Crippen molar-refractivity contribution in [3.8, 4) is 6.07 Å². The molecule has 9 heteroatoms. The van der Waals surface area contributed by atoms with E-state index in [1.165, 1.54) is 24.4 Å². The van der Waals surface area contributed by atoms with Gasteiger partial charge in [0.25, 0.3) is 11.9 Å². The highest BCUT2D eigenvalue weighted by molar-refractivity contribution is 6.02. The van der Waals surface area contributed by atoms with Crippen molar-refractivity contribution < 1.29 is 18.3 Å². The Balaban J connectivity index is 2.02. The largest absolute Gasteiger partial charge is 0.459 e. The number of carbonyl (C=O) groups excluding carboxylic acids is 1. The minimum atomic E-state index is -3.27. The number of alkyl halides is 2. The maximum absolute atomic E-state index is 14.7. The van der Waals surface area contributed by atoms with E-state index in [1.54, 1.807) is 12.1 Å². The lowest BCUT2D eigenvalue weighted by Gasteiger charge is -2.33. The van der Waals surface area contributed by atoms with Crippen molar-refractivity contribution in [2.45, 2.75) is 44.6 Å². The topological polar surface area (TPSA) is 113 Å². The molecule has 1 unspecified atom stereocenters. The van der Waals surface area contributed by atoms with E-state index in [0.717, 1.165) is 0 Å². The van der Waals surface area contributed by atoms with E-state index in [-0.39, 0.29) is 17.3 Å². The lowest BCUT2D eigenvalue weighted by atomic mass is 9.77. The summed E-state index contributed by atoms with van der Waals surface area (Å²) in [4.78, 5) is 20.4. The number of aromatic nitrogens is 1. The highest BCUT2D eigenvalue weighted by Gasteiger charge is 2.46. The Morgan fingerprint density at radius 2 is 2.13 bits per heavy atom. The van der Waals surface area contributed by atoms with E-state index in [2.05, 4.69) is 15.3 Å². The number of nitriles is 1. The number of hydrogen-bond acceptors (Lipinski definition) is 6. The summed E-state index contributed by atoms with van der Waals surface area (Å²) in [7, 11) is 0. The van der Waals surface area contributed by atoms with Gasteiger partial charge >= 0.3 is 5.92 Å². The van der Waals surface area contributed by atoms with Gasteiger partial charge in [-0.25, -0.2) is 18.8 Å². The maximum atomic E-state index is 14.7. The molecule has 1 atom stereocenters. The molecule has 1 aliphatic rings. The number of carbonyl (C=O) groups is 1. The minimum absolute atomic E-state index is 0.0946. The van der Waals surface area contributed by atoms with Crippen LogP contribution in [0.1, 0.15) is 60.4 Å². The number of ether oxygens (including phenoxy) is 1. The van der Waals surface area contributed by atoms with E-state index >= 15 is 0 Å². The number of nitrogens with two attached hydrogens (primary N) is 1. The van der Waals surface area contributed by atoms with Crippen LogP contribution in [0, 0.1) is 11.3 Å². The Morgan fingerprint density at radius 1 is 1.39 bits per heavy atom. The summed E-state index contributed by atoms with van der Waals surface area (Å²) in [5, 5.41) is 11.5.